The Hall–Kier alpha value is -7.34. The number of carbonyl (C=O) groups is 8. The monoisotopic (exact) mass is 1330 g/mol. The van der Waals surface area contributed by atoms with Crippen molar-refractivity contribution in [1.29, 1.82) is 0 Å². The van der Waals surface area contributed by atoms with Gasteiger partial charge in [-0.3, -0.25) is 19.2 Å². The van der Waals surface area contributed by atoms with Crippen molar-refractivity contribution >= 4 is 79.9 Å². The summed E-state index contributed by atoms with van der Waals surface area (Å²) in [6.45, 7) is 21.8. The van der Waals surface area contributed by atoms with Crippen LogP contribution in [0.2, 0.25) is 0 Å². The van der Waals surface area contributed by atoms with Crippen molar-refractivity contribution in [3.8, 4) is 0 Å². The van der Waals surface area contributed by atoms with Gasteiger partial charge in [0.2, 0.25) is 0 Å². The molecule has 476 valence electrons. The Balaban J connectivity index is 0.000000573. The Labute approximate surface area is 522 Å². The lowest BCUT2D eigenvalue weighted by atomic mass is 9.91. The summed E-state index contributed by atoms with van der Waals surface area (Å²) in [4.78, 5) is 92.4. The number of halogens is 4. The van der Waals surface area contributed by atoms with Crippen molar-refractivity contribution in [3.05, 3.63) is 140 Å². The molecule has 0 fully saturated rings. The largest absolute Gasteiger partial charge is 0.464 e. The third kappa shape index (κ3) is 35.8. The molecular formula is C62H88Br2F2N8O12. The van der Waals surface area contributed by atoms with Crippen molar-refractivity contribution < 1.29 is 66.1 Å². The Kier molecular flexibility index (Phi) is 38.6. The van der Waals surface area contributed by atoms with E-state index >= 15 is 0 Å². The summed E-state index contributed by atoms with van der Waals surface area (Å²) in [7, 11) is 0. The van der Waals surface area contributed by atoms with Crippen molar-refractivity contribution in [2.24, 2.45) is 22.7 Å². The zero-order valence-corrected chi connectivity index (χ0v) is 54.3. The summed E-state index contributed by atoms with van der Waals surface area (Å²) in [6.07, 6.45) is 2.88. The van der Waals surface area contributed by atoms with Crippen LogP contribution < -0.4 is 42.5 Å². The molecule has 24 heteroatoms. The van der Waals surface area contributed by atoms with Crippen LogP contribution in [-0.2, 0) is 64.3 Å². The highest BCUT2D eigenvalue weighted by Gasteiger charge is 2.28. The Morgan fingerprint density at radius 3 is 0.860 bits per heavy atom. The van der Waals surface area contributed by atoms with Crippen LogP contribution in [0, 0.1) is 34.3 Å². The van der Waals surface area contributed by atoms with E-state index in [1.165, 1.54) is 24.3 Å². The minimum absolute atomic E-state index is 0.101. The predicted molar refractivity (Wildman–Crippen MR) is 333 cm³/mol. The number of benzene rings is 4. The van der Waals surface area contributed by atoms with Gasteiger partial charge in [0.1, 0.15) is 38.1 Å². The van der Waals surface area contributed by atoms with Crippen LogP contribution in [0.1, 0.15) is 117 Å². The van der Waals surface area contributed by atoms with Crippen molar-refractivity contribution in [3.63, 3.8) is 0 Å². The van der Waals surface area contributed by atoms with Crippen LogP contribution in [-0.4, -0.2) is 101 Å². The van der Waals surface area contributed by atoms with Gasteiger partial charge in [0.15, 0.2) is 0 Å². The number of carbonyl (C=O) groups excluding carboxylic acids is 8. The second-order valence-corrected chi connectivity index (χ2v) is 22.5. The zero-order chi connectivity index (χ0) is 64.5. The molecule has 86 heavy (non-hydrogen) atoms. The van der Waals surface area contributed by atoms with Gasteiger partial charge < -0.3 is 61.5 Å². The smallest absolute Gasteiger partial charge is 0.315 e. The SMILES string of the molecule is CCC(C)(C)C(=O)OCCNC(=O)NCc1ccc(Br)cc1.CCC(C)(C)C(=O)OCCNC(=O)NCc1ccc(F)cc1.CCC(C)C(=O)OCCNC(=O)NCc1ccc(Br)cc1.CCC(C)C(=O)OCCNC(=O)NCc1ccc(F)cc1. The molecule has 0 radical (unpaired) electrons. The molecule has 0 aliphatic heterocycles. The van der Waals surface area contributed by atoms with E-state index in [-0.39, 0.29) is 118 Å². The maximum absolute atomic E-state index is 12.7. The first-order valence-electron chi connectivity index (χ1n) is 28.5. The van der Waals surface area contributed by atoms with E-state index < -0.39 is 10.8 Å². The molecule has 8 amide bonds. The first-order chi connectivity index (χ1) is 40.7. The molecule has 0 aromatic heterocycles. The molecule has 4 aromatic carbocycles. The average molecular weight is 1340 g/mol. The predicted octanol–water partition coefficient (Wildman–Crippen LogP) is 10.9. The number of rotatable bonds is 28. The van der Waals surface area contributed by atoms with Crippen LogP contribution in [0.15, 0.2) is 106 Å². The van der Waals surface area contributed by atoms with Gasteiger partial charge >= 0.3 is 48.0 Å². The normalized spacial score (nSPS) is 11.2. The highest BCUT2D eigenvalue weighted by Crippen LogP contribution is 2.22. The van der Waals surface area contributed by atoms with Gasteiger partial charge in [-0.05, 0) is 124 Å². The number of amides is 8. The molecule has 20 nitrogen and oxygen atoms in total. The summed E-state index contributed by atoms with van der Waals surface area (Å²) in [5, 5.41) is 21.2. The Morgan fingerprint density at radius 2 is 0.628 bits per heavy atom. The highest BCUT2D eigenvalue weighted by molar-refractivity contribution is 9.10. The summed E-state index contributed by atoms with van der Waals surface area (Å²) >= 11 is 6.71. The molecule has 0 aliphatic carbocycles. The second kappa shape index (κ2) is 43.3. The van der Waals surface area contributed by atoms with Gasteiger partial charge in [0.05, 0.1) is 48.8 Å². The van der Waals surface area contributed by atoms with Gasteiger partial charge in [-0.2, -0.15) is 0 Å². The molecule has 8 N–H and O–H groups in total. The molecule has 0 bridgehead atoms. The first kappa shape index (κ1) is 76.7. The molecule has 4 rings (SSSR count). The molecule has 2 atom stereocenters. The average Bonchev–Trinajstić information content (AvgIpc) is 3.59. The quantitative estimate of drug-likeness (QED) is 0.0150. The first-order valence-corrected chi connectivity index (χ1v) is 30.1. The molecule has 0 saturated heterocycles. The number of urea groups is 4. The van der Waals surface area contributed by atoms with E-state index in [0.717, 1.165) is 44.0 Å². The molecule has 2 unspecified atom stereocenters. The van der Waals surface area contributed by atoms with E-state index in [1.54, 1.807) is 31.2 Å². The number of nitrogens with one attached hydrogen (secondary N) is 8. The summed E-state index contributed by atoms with van der Waals surface area (Å²) in [5.41, 5.74) is 2.63. The molecule has 0 aliphatic rings. The van der Waals surface area contributed by atoms with Gasteiger partial charge in [-0.1, -0.05) is 122 Å². The standard InChI is InChI=1S/C16H23BrN2O3.C16H23FN2O3.C15H21BrN2O3.C15H21FN2O3/c2*1-4-16(2,3)14(20)22-10-9-18-15(21)19-11-12-5-7-13(17)8-6-12;2*1-3-11(2)14(19)21-9-8-17-15(20)18-10-12-4-6-13(16)7-5-12/h2*5-8H,4,9-11H2,1-3H3,(H2,18,19,21);2*4-7,11H,3,8-10H2,1-2H3,(H2,17,18,20). The van der Waals surface area contributed by atoms with Gasteiger partial charge in [0, 0.05) is 35.1 Å². The summed E-state index contributed by atoms with van der Waals surface area (Å²) in [5.74, 6) is -1.86. The minimum atomic E-state index is -0.509. The van der Waals surface area contributed by atoms with E-state index in [0.29, 0.717) is 45.6 Å². The maximum Gasteiger partial charge on any atom is 0.315 e. The number of ether oxygens (including phenoxy) is 4. The molecular weight excluding hydrogens is 1250 g/mol. The van der Waals surface area contributed by atoms with Gasteiger partial charge in [0.25, 0.3) is 0 Å². The van der Waals surface area contributed by atoms with Crippen LogP contribution in [0.5, 0.6) is 0 Å². The van der Waals surface area contributed by atoms with E-state index in [1.807, 2.05) is 111 Å². The lowest BCUT2D eigenvalue weighted by Gasteiger charge is -2.20. The zero-order valence-electron chi connectivity index (χ0n) is 51.1. The maximum atomic E-state index is 12.7. The fourth-order valence-corrected chi connectivity index (χ4v) is 6.46. The number of hydrogen-bond donors (Lipinski definition) is 8. The number of esters is 4. The summed E-state index contributed by atoms with van der Waals surface area (Å²) < 4.78 is 47.7. The van der Waals surface area contributed by atoms with Crippen LogP contribution in [0.25, 0.3) is 0 Å². The summed E-state index contributed by atoms with van der Waals surface area (Å²) in [6, 6.07) is 25.9. The fourth-order valence-electron chi connectivity index (χ4n) is 5.93. The van der Waals surface area contributed by atoms with Gasteiger partial charge in [-0.25, -0.2) is 28.0 Å². The fraction of sp³-hybridized carbons (Fsp3) is 0.484. The van der Waals surface area contributed by atoms with E-state index in [4.69, 9.17) is 18.9 Å². The van der Waals surface area contributed by atoms with E-state index in [2.05, 4.69) is 74.4 Å². The van der Waals surface area contributed by atoms with Crippen LogP contribution >= 0.6 is 31.9 Å². The second-order valence-electron chi connectivity index (χ2n) is 20.6. The Bertz CT molecular complexity index is 2470. The van der Waals surface area contributed by atoms with E-state index in [9.17, 15) is 47.1 Å². The third-order valence-corrected chi connectivity index (χ3v) is 13.9. The van der Waals surface area contributed by atoms with Crippen molar-refractivity contribution in [2.75, 3.05) is 52.6 Å². The lowest BCUT2D eigenvalue weighted by Crippen LogP contribution is -2.37. The van der Waals surface area contributed by atoms with Crippen LogP contribution in [0.4, 0.5) is 28.0 Å². The topological polar surface area (TPSA) is 270 Å². The lowest BCUT2D eigenvalue weighted by molar-refractivity contribution is -0.154. The van der Waals surface area contributed by atoms with Crippen LogP contribution in [0.3, 0.4) is 0 Å². The molecule has 0 heterocycles. The third-order valence-electron chi connectivity index (χ3n) is 12.9. The van der Waals surface area contributed by atoms with Crippen molar-refractivity contribution in [2.45, 2.75) is 121 Å². The molecule has 4 aromatic rings. The molecule has 0 saturated carbocycles. The minimum Gasteiger partial charge on any atom is -0.464 e. The number of hydrogen-bond acceptors (Lipinski definition) is 12. The molecule has 0 spiro atoms. The highest BCUT2D eigenvalue weighted by atomic mass is 79.9. The Morgan fingerprint density at radius 1 is 0.395 bits per heavy atom. The van der Waals surface area contributed by atoms with Gasteiger partial charge in [-0.15, -0.1) is 0 Å². The van der Waals surface area contributed by atoms with Crippen molar-refractivity contribution in [1.82, 2.24) is 42.5 Å².